The molecule has 0 spiro atoms. The molecule has 2 amide bonds. The van der Waals surface area contributed by atoms with Crippen LogP contribution in [0, 0.1) is 18.7 Å². The fourth-order valence-corrected chi connectivity index (χ4v) is 5.00. The van der Waals surface area contributed by atoms with Crippen molar-refractivity contribution in [3.8, 4) is 22.8 Å². The zero-order valence-corrected chi connectivity index (χ0v) is 21.5. The molecule has 0 aliphatic heterocycles. The predicted octanol–water partition coefficient (Wildman–Crippen LogP) is 3.02. The zero-order valence-electron chi connectivity index (χ0n) is 21.5. The van der Waals surface area contributed by atoms with Gasteiger partial charge in [-0.05, 0) is 57.4 Å². The molecular weight excluding hydrogens is 493 g/mol. The molecule has 0 bridgehead atoms. The lowest BCUT2D eigenvalue weighted by atomic mass is 9.91. The summed E-state index contributed by atoms with van der Waals surface area (Å²) in [6.07, 6.45) is 6.43. The van der Waals surface area contributed by atoms with E-state index in [0.29, 0.717) is 77.5 Å². The summed E-state index contributed by atoms with van der Waals surface area (Å²) in [7, 11) is 1.40. The number of carbonyl (C=O) groups is 2. The van der Waals surface area contributed by atoms with Crippen molar-refractivity contribution in [2.75, 3.05) is 20.3 Å². The number of amides is 2. The third-order valence-electron chi connectivity index (χ3n) is 7.25. The van der Waals surface area contributed by atoms with E-state index in [1.165, 1.54) is 19.5 Å². The Labute approximate surface area is 219 Å². The third kappa shape index (κ3) is 5.42. The van der Waals surface area contributed by atoms with Gasteiger partial charge in [-0.2, -0.15) is 0 Å². The van der Waals surface area contributed by atoms with Crippen LogP contribution in [-0.4, -0.2) is 64.3 Å². The standard InChI is InChI=1S/C27H32FN5O5/c1-14-23(27(36)33-17-7-5-16(6-8-17)32-22(35)11-34)25-26(31-14)24(29-13-30-25)18-9-21(37-2)19(28)10-20(18)38-12-15-3-4-15/h9-10,13,15-17,31,34H,3-8,11-12H2,1-2H3,(H,32,35)(H,33,36)/t16-,17-. The van der Waals surface area contributed by atoms with Crippen LogP contribution in [-0.2, 0) is 4.79 Å². The number of H-pyrrole nitrogens is 1. The van der Waals surface area contributed by atoms with Crippen LogP contribution < -0.4 is 20.1 Å². The molecule has 0 unspecified atom stereocenters. The maximum absolute atomic E-state index is 14.6. The predicted molar refractivity (Wildman–Crippen MR) is 138 cm³/mol. The van der Waals surface area contributed by atoms with Gasteiger partial charge in [0.25, 0.3) is 5.91 Å². The number of aromatic nitrogens is 3. The number of aliphatic hydroxyl groups excluding tert-OH is 1. The minimum absolute atomic E-state index is 0.00282. The number of hydrogen-bond acceptors (Lipinski definition) is 7. The highest BCUT2D eigenvalue weighted by Crippen LogP contribution is 2.39. The van der Waals surface area contributed by atoms with Crippen LogP contribution in [0.25, 0.3) is 22.3 Å². The van der Waals surface area contributed by atoms with Crippen molar-refractivity contribution in [2.45, 2.75) is 57.5 Å². The van der Waals surface area contributed by atoms with E-state index in [1.54, 1.807) is 13.0 Å². The van der Waals surface area contributed by atoms with Gasteiger partial charge in [-0.3, -0.25) is 9.59 Å². The Morgan fingerprint density at radius 1 is 1.08 bits per heavy atom. The average Bonchev–Trinajstić information content (AvgIpc) is 3.68. The molecule has 2 aliphatic rings. The normalized spacial score (nSPS) is 19.3. The minimum Gasteiger partial charge on any atom is -0.494 e. The summed E-state index contributed by atoms with van der Waals surface area (Å²) >= 11 is 0. The quantitative estimate of drug-likeness (QED) is 0.337. The Kier molecular flexibility index (Phi) is 7.46. The lowest BCUT2D eigenvalue weighted by molar-refractivity contribution is -0.124. The second-order valence-corrected chi connectivity index (χ2v) is 10.1. The summed E-state index contributed by atoms with van der Waals surface area (Å²) < 4.78 is 25.8. The molecule has 3 aromatic rings. The first kappa shape index (κ1) is 25.9. The fraction of sp³-hybridized carbons (Fsp3) is 0.481. The maximum atomic E-state index is 14.6. The monoisotopic (exact) mass is 525 g/mol. The van der Waals surface area contributed by atoms with E-state index in [0.717, 1.165) is 12.8 Å². The number of carbonyl (C=O) groups excluding carboxylic acids is 2. The molecule has 0 atom stereocenters. The number of benzene rings is 1. The summed E-state index contributed by atoms with van der Waals surface area (Å²) in [6, 6.07) is 2.83. The van der Waals surface area contributed by atoms with Gasteiger partial charge in [-0.15, -0.1) is 0 Å². The molecule has 2 saturated carbocycles. The van der Waals surface area contributed by atoms with E-state index in [-0.39, 0.29) is 29.6 Å². The number of aryl methyl sites for hydroxylation is 1. The molecule has 4 N–H and O–H groups in total. The molecule has 1 aromatic carbocycles. The molecule has 0 saturated heterocycles. The highest BCUT2D eigenvalue weighted by molar-refractivity contribution is 6.09. The number of halogens is 1. The smallest absolute Gasteiger partial charge is 0.255 e. The molecule has 2 aromatic heterocycles. The van der Waals surface area contributed by atoms with Crippen LogP contribution in [0.15, 0.2) is 18.5 Å². The summed E-state index contributed by atoms with van der Waals surface area (Å²) in [4.78, 5) is 37.0. The highest BCUT2D eigenvalue weighted by Gasteiger charge is 2.28. The van der Waals surface area contributed by atoms with E-state index in [2.05, 4.69) is 25.6 Å². The molecule has 2 fully saturated rings. The van der Waals surface area contributed by atoms with Crippen LogP contribution in [0.5, 0.6) is 11.5 Å². The Hall–Kier alpha value is -3.73. The summed E-state index contributed by atoms with van der Waals surface area (Å²) in [5.74, 6) is -0.260. The van der Waals surface area contributed by atoms with Crippen molar-refractivity contribution in [3.63, 3.8) is 0 Å². The molecule has 10 nitrogen and oxygen atoms in total. The van der Waals surface area contributed by atoms with Crippen molar-refractivity contribution in [1.82, 2.24) is 25.6 Å². The van der Waals surface area contributed by atoms with Gasteiger partial charge in [0.05, 0.1) is 24.8 Å². The lowest BCUT2D eigenvalue weighted by Crippen LogP contribution is -2.44. The minimum atomic E-state index is -0.529. The molecule has 202 valence electrons. The van der Waals surface area contributed by atoms with Crippen molar-refractivity contribution in [2.24, 2.45) is 5.92 Å². The van der Waals surface area contributed by atoms with Crippen LogP contribution >= 0.6 is 0 Å². The summed E-state index contributed by atoms with van der Waals surface area (Å²) in [5.41, 5.74) is 3.11. The second kappa shape index (κ2) is 10.9. The van der Waals surface area contributed by atoms with Crippen molar-refractivity contribution >= 4 is 22.8 Å². The van der Waals surface area contributed by atoms with Crippen molar-refractivity contribution < 1.29 is 28.6 Å². The van der Waals surface area contributed by atoms with E-state index in [1.807, 2.05) is 0 Å². The molecular formula is C27H32FN5O5. The van der Waals surface area contributed by atoms with E-state index < -0.39 is 12.4 Å². The van der Waals surface area contributed by atoms with Crippen molar-refractivity contribution in [1.29, 1.82) is 0 Å². The Balaban J connectivity index is 1.40. The van der Waals surface area contributed by atoms with Crippen LogP contribution in [0.1, 0.15) is 54.6 Å². The molecule has 5 rings (SSSR count). The SMILES string of the molecule is COc1cc(-c2ncnc3c(C(=O)N[C@H]4CC[C@H](NC(=O)CO)CC4)c(C)[nH]c23)c(OCC2CC2)cc1F. The fourth-order valence-electron chi connectivity index (χ4n) is 5.00. The highest BCUT2D eigenvalue weighted by atomic mass is 19.1. The first-order valence-electron chi connectivity index (χ1n) is 12.9. The Morgan fingerprint density at radius 2 is 1.79 bits per heavy atom. The lowest BCUT2D eigenvalue weighted by Gasteiger charge is -2.29. The van der Waals surface area contributed by atoms with Gasteiger partial charge in [-0.25, -0.2) is 14.4 Å². The number of aliphatic hydroxyl groups is 1. The number of hydrogen-bond donors (Lipinski definition) is 4. The Morgan fingerprint density at radius 3 is 2.45 bits per heavy atom. The van der Waals surface area contributed by atoms with Gasteiger partial charge < -0.3 is 30.2 Å². The van der Waals surface area contributed by atoms with Crippen LogP contribution in [0.3, 0.4) is 0 Å². The largest absolute Gasteiger partial charge is 0.494 e. The average molecular weight is 526 g/mol. The van der Waals surface area contributed by atoms with Crippen LogP contribution in [0.4, 0.5) is 4.39 Å². The second-order valence-electron chi connectivity index (χ2n) is 10.1. The number of fused-ring (bicyclic) bond motifs is 1. The van der Waals surface area contributed by atoms with E-state index in [9.17, 15) is 14.0 Å². The van der Waals surface area contributed by atoms with E-state index >= 15 is 0 Å². The number of rotatable bonds is 9. The number of aromatic amines is 1. The number of nitrogens with zero attached hydrogens (tertiary/aromatic N) is 2. The third-order valence-corrected chi connectivity index (χ3v) is 7.25. The number of methoxy groups -OCH3 is 1. The van der Waals surface area contributed by atoms with Gasteiger partial charge in [0.2, 0.25) is 5.91 Å². The Bertz CT molecular complexity index is 1350. The van der Waals surface area contributed by atoms with Gasteiger partial charge in [0.1, 0.15) is 29.9 Å². The molecule has 38 heavy (non-hydrogen) atoms. The van der Waals surface area contributed by atoms with Gasteiger partial charge in [0, 0.05) is 29.4 Å². The summed E-state index contributed by atoms with van der Waals surface area (Å²) in [6.45, 7) is 1.77. The molecule has 11 heteroatoms. The first-order chi connectivity index (χ1) is 18.4. The zero-order chi connectivity index (χ0) is 26.8. The number of ether oxygens (including phenoxy) is 2. The maximum Gasteiger partial charge on any atom is 0.255 e. The topological polar surface area (TPSA) is 138 Å². The molecule has 0 radical (unpaired) electrons. The first-order valence-corrected chi connectivity index (χ1v) is 12.9. The van der Waals surface area contributed by atoms with Gasteiger partial charge >= 0.3 is 0 Å². The van der Waals surface area contributed by atoms with Crippen LogP contribution in [0.2, 0.25) is 0 Å². The summed E-state index contributed by atoms with van der Waals surface area (Å²) in [5, 5.41) is 14.8. The van der Waals surface area contributed by atoms with E-state index in [4.69, 9.17) is 14.6 Å². The molecule has 2 aliphatic carbocycles. The van der Waals surface area contributed by atoms with Gasteiger partial charge in [0.15, 0.2) is 11.6 Å². The van der Waals surface area contributed by atoms with Crippen molar-refractivity contribution in [3.05, 3.63) is 35.5 Å². The number of nitrogens with one attached hydrogen (secondary N) is 3. The molecule has 2 heterocycles. The van der Waals surface area contributed by atoms with Gasteiger partial charge in [-0.1, -0.05) is 0 Å².